The molecule has 0 bridgehead atoms. The summed E-state index contributed by atoms with van der Waals surface area (Å²) >= 11 is 0. The number of carbonyl (C=O) groups is 2. The van der Waals surface area contributed by atoms with Gasteiger partial charge in [-0.05, 0) is 43.0 Å². The van der Waals surface area contributed by atoms with Crippen LogP contribution in [0.1, 0.15) is 28.9 Å². The number of aryl methyl sites for hydroxylation is 1. The van der Waals surface area contributed by atoms with Crippen LogP contribution in [0.2, 0.25) is 0 Å². The summed E-state index contributed by atoms with van der Waals surface area (Å²) in [6, 6.07) is 14.1. The highest BCUT2D eigenvalue weighted by Crippen LogP contribution is 2.28. The third kappa shape index (κ3) is 4.07. The van der Waals surface area contributed by atoms with E-state index in [9.17, 15) is 9.59 Å². The van der Waals surface area contributed by atoms with Crippen molar-refractivity contribution in [3.05, 3.63) is 65.0 Å². The Labute approximate surface area is 165 Å². The van der Waals surface area contributed by atoms with Gasteiger partial charge in [0, 0.05) is 24.8 Å². The normalized spacial score (nSPS) is 19.9. The van der Waals surface area contributed by atoms with Crippen LogP contribution in [0.15, 0.2) is 42.5 Å². The number of hydrogen-bond acceptors (Lipinski definition) is 4. The van der Waals surface area contributed by atoms with Gasteiger partial charge in [0.15, 0.2) is 0 Å². The number of carbonyl (C=O) groups excluding carboxylic acids is 2. The van der Waals surface area contributed by atoms with Crippen LogP contribution < -0.4 is 10.6 Å². The van der Waals surface area contributed by atoms with Gasteiger partial charge in [0.25, 0.3) is 0 Å². The number of hydrogen-bond donors (Lipinski definition) is 2. The van der Waals surface area contributed by atoms with E-state index in [-0.39, 0.29) is 24.3 Å². The summed E-state index contributed by atoms with van der Waals surface area (Å²) in [7, 11) is 0. The second-order valence-corrected chi connectivity index (χ2v) is 7.63. The zero-order chi connectivity index (χ0) is 19.5. The molecule has 0 saturated carbocycles. The summed E-state index contributed by atoms with van der Waals surface area (Å²) in [6.07, 6.45) is 2.05. The summed E-state index contributed by atoms with van der Waals surface area (Å²) < 4.78 is 0. The Morgan fingerprint density at radius 1 is 1.18 bits per heavy atom. The van der Waals surface area contributed by atoms with Crippen molar-refractivity contribution in [3.8, 4) is 0 Å². The molecule has 1 fully saturated rings. The summed E-state index contributed by atoms with van der Waals surface area (Å²) in [5, 5.41) is 5.83. The first kappa shape index (κ1) is 18.6. The Balaban J connectivity index is 1.39. The molecule has 1 aromatic heterocycles. The Kier molecular flexibility index (Phi) is 5.39. The Morgan fingerprint density at radius 3 is 2.64 bits per heavy atom. The van der Waals surface area contributed by atoms with E-state index in [1.807, 2.05) is 25.1 Å². The minimum atomic E-state index is -0.418. The number of rotatable bonds is 5. The van der Waals surface area contributed by atoms with Crippen LogP contribution in [0.3, 0.4) is 0 Å². The van der Waals surface area contributed by atoms with Gasteiger partial charge in [-0.2, -0.15) is 0 Å². The van der Waals surface area contributed by atoms with Gasteiger partial charge in [-0.3, -0.25) is 19.5 Å². The lowest BCUT2D eigenvalue weighted by molar-refractivity contribution is -0.135. The fourth-order valence-corrected chi connectivity index (χ4v) is 4.28. The second-order valence-electron chi connectivity index (χ2n) is 7.63. The fraction of sp³-hybridized carbons (Fsp3) is 0.409. The predicted molar refractivity (Wildman–Crippen MR) is 107 cm³/mol. The second kappa shape index (κ2) is 8.10. The summed E-state index contributed by atoms with van der Waals surface area (Å²) in [6.45, 7) is 3.72. The van der Waals surface area contributed by atoms with Gasteiger partial charge in [0.1, 0.15) is 0 Å². The maximum absolute atomic E-state index is 12.5. The molecule has 6 nitrogen and oxygen atoms in total. The Morgan fingerprint density at radius 2 is 1.93 bits per heavy atom. The lowest BCUT2D eigenvalue weighted by Gasteiger charge is -2.38. The molecular weight excluding hydrogens is 352 g/mol. The minimum Gasteiger partial charge on any atom is -0.353 e. The monoisotopic (exact) mass is 378 g/mol. The van der Waals surface area contributed by atoms with Crippen LogP contribution in [0.25, 0.3) is 0 Å². The highest BCUT2D eigenvalue weighted by Gasteiger charge is 2.38. The number of amides is 2. The van der Waals surface area contributed by atoms with Gasteiger partial charge in [0.05, 0.1) is 24.7 Å². The summed E-state index contributed by atoms with van der Waals surface area (Å²) in [4.78, 5) is 31.7. The molecule has 1 aliphatic heterocycles. The van der Waals surface area contributed by atoms with Crippen molar-refractivity contribution in [2.75, 3.05) is 13.1 Å². The highest BCUT2D eigenvalue weighted by molar-refractivity contribution is 5.88. The molecule has 2 N–H and O–H groups in total. The first-order chi connectivity index (χ1) is 13.6. The molecule has 4 rings (SSSR count). The molecule has 0 spiro atoms. The quantitative estimate of drug-likeness (QED) is 0.824. The number of piperazine rings is 1. The van der Waals surface area contributed by atoms with Crippen molar-refractivity contribution in [3.63, 3.8) is 0 Å². The van der Waals surface area contributed by atoms with E-state index in [2.05, 4.69) is 44.8 Å². The zero-order valence-electron chi connectivity index (χ0n) is 16.1. The van der Waals surface area contributed by atoms with Gasteiger partial charge in [-0.1, -0.05) is 30.3 Å². The van der Waals surface area contributed by atoms with Crippen molar-refractivity contribution in [2.45, 2.75) is 44.8 Å². The van der Waals surface area contributed by atoms with E-state index in [0.29, 0.717) is 13.1 Å². The standard InChI is InChI=1S/C22H26N4O2/c1-15-5-4-8-18(25-15)14-24-21(27)13-20-22(28)23-9-10-26(20)19-11-16-6-2-3-7-17(16)12-19/h2-8,19-20H,9-14H2,1H3,(H,23,28)(H,24,27)/t20-/m1/s1. The van der Waals surface area contributed by atoms with E-state index in [0.717, 1.165) is 30.8 Å². The van der Waals surface area contributed by atoms with E-state index in [1.54, 1.807) is 0 Å². The maximum Gasteiger partial charge on any atom is 0.237 e. The number of nitrogens with one attached hydrogen (secondary N) is 2. The van der Waals surface area contributed by atoms with Crippen molar-refractivity contribution >= 4 is 11.8 Å². The molecule has 0 unspecified atom stereocenters. The molecule has 2 heterocycles. The highest BCUT2D eigenvalue weighted by atomic mass is 16.2. The number of nitrogens with zero attached hydrogens (tertiary/aromatic N) is 2. The Bertz CT molecular complexity index is 857. The van der Waals surface area contributed by atoms with Gasteiger partial charge >= 0.3 is 0 Å². The van der Waals surface area contributed by atoms with E-state index < -0.39 is 6.04 Å². The molecule has 1 atom stereocenters. The average Bonchev–Trinajstić information content (AvgIpc) is 3.12. The third-order valence-electron chi connectivity index (χ3n) is 5.66. The third-order valence-corrected chi connectivity index (χ3v) is 5.66. The van der Waals surface area contributed by atoms with E-state index in [1.165, 1.54) is 11.1 Å². The number of benzene rings is 1. The molecule has 0 radical (unpaired) electrons. The first-order valence-electron chi connectivity index (χ1n) is 9.89. The summed E-state index contributed by atoms with van der Waals surface area (Å²) in [5.74, 6) is -0.170. The maximum atomic E-state index is 12.5. The summed E-state index contributed by atoms with van der Waals surface area (Å²) in [5.41, 5.74) is 4.45. The van der Waals surface area contributed by atoms with Gasteiger partial charge in [-0.25, -0.2) is 0 Å². The molecule has 28 heavy (non-hydrogen) atoms. The van der Waals surface area contributed by atoms with Crippen LogP contribution in [0.5, 0.6) is 0 Å². The number of fused-ring (bicyclic) bond motifs is 1. The van der Waals surface area contributed by atoms with Crippen LogP contribution in [-0.4, -0.2) is 46.9 Å². The smallest absolute Gasteiger partial charge is 0.237 e. The molecule has 1 aromatic carbocycles. The number of aromatic nitrogens is 1. The molecule has 1 aliphatic carbocycles. The van der Waals surface area contributed by atoms with Crippen LogP contribution >= 0.6 is 0 Å². The van der Waals surface area contributed by atoms with Gasteiger partial charge < -0.3 is 10.6 Å². The first-order valence-corrected chi connectivity index (χ1v) is 9.89. The van der Waals surface area contributed by atoms with Crippen molar-refractivity contribution in [1.29, 1.82) is 0 Å². The van der Waals surface area contributed by atoms with Gasteiger partial charge in [-0.15, -0.1) is 0 Å². The lowest BCUT2D eigenvalue weighted by Crippen LogP contribution is -2.59. The molecule has 6 heteroatoms. The molecule has 1 saturated heterocycles. The van der Waals surface area contributed by atoms with Crippen LogP contribution in [-0.2, 0) is 29.0 Å². The largest absolute Gasteiger partial charge is 0.353 e. The van der Waals surface area contributed by atoms with E-state index >= 15 is 0 Å². The molecule has 146 valence electrons. The van der Waals surface area contributed by atoms with Crippen molar-refractivity contribution < 1.29 is 9.59 Å². The van der Waals surface area contributed by atoms with Gasteiger partial charge in [0.2, 0.25) is 11.8 Å². The SMILES string of the molecule is Cc1cccc(CNC(=O)C[C@@H]2C(=O)NCCN2C2Cc3ccccc3C2)n1. The Hall–Kier alpha value is -2.73. The number of pyridine rings is 1. The van der Waals surface area contributed by atoms with E-state index in [4.69, 9.17) is 0 Å². The van der Waals surface area contributed by atoms with Crippen LogP contribution in [0.4, 0.5) is 0 Å². The average molecular weight is 378 g/mol. The molecular formula is C22H26N4O2. The van der Waals surface area contributed by atoms with Crippen molar-refractivity contribution in [2.24, 2.45) is 0 Å². The fourth-order valence-electron chi connectivity index (χ4n) is 4.28. The minimum absolute atomic E-state index is 0.0500. The zero-order valence-corrected chi connectivity index (χ0v) is 16.1. The molecule has 2 aliphatic rings. The predicted octanol–water partition coefficient (Wildman–Crippen LogP) is 1.36. The van der Waals surface area contributed by atoms with Crippen LogP contribution in [0, 0.1) is 6.92 Å². The molecule has 2 amide bonds. The van der Waals surface area contributed by atoms with Crippen molar-refractivity contribution in [1.82, 2.24) is 20.5 Å². The lowest BCUT2D eigenvalue weighted by atomic mass is 10.0. The topological polar surface area (TPSA) is 74.3 Å². The molecule has 2 aromatic rings.